The molecule has 2 aliphatic rings. The van der Waals surface area contributed by atoms with E-state index in [0.29, 0.717) is 18.3 Å². The molecular formula is C18H25ClN6O2. The SMILES string of the molecule is Cl.NCc1nc(CN2CCN(C3CCN(c4ccccc4)C3=O)CC2)no1. The number of halogens is 1. The van der Waals surface area contributed by atoms with Crippen molar-refractivity contribution in [2.45, 2.75) is 25.6 Å². The molecular weight excluding hydrogens is 368 g/mol. The zero-order valence-electron chi connectivity index (χ0n) is 15.2. The van der Waals surface area contributed by atoms with Crippen LogP contribution in [-0.4, -0.2) is 64.6 Å². The largest absolute Gasteiger partial charge is 0.338 e. The molecule has 0 aliphatic carbocycles. The van der Waals surface area contributed by atoms with Gasteiger partial charge in [0.15, 0.2) is 5.82 Å². The molecule has 2 aromatic rings. The lowest BCUT2D eigenvalue weighted by Gasteiger charge is -2.36. The van der Waals surface area contributed by atoms with Gasteiger partial charge in [-0.25, -0.2) is 0 Å². The summed E-state index contributed by atoms with van der Waals surface area (Å²) >= 11 is 0. The molecule has 1 unspecified atom stereocenters. The average Bonchev–Trinajstić information content (AvgIpc) is 3.29. The summed E-state index contributed by atoms with van der Waals surface area (Å²) in [4.78, 5) is 23.6. The molecule has 3 heterocycles. The molecule has 27 heavy (non-hydrogen) atoms. The Morgan fingerprint density at radius 1 is 1.11 bits per heavy atom. The smallest absolute Gasteiger partial charge is 0.244 e. The van der Waals surface area contributed by atoms with Gasteiger partial charge in [-0.2, -0.15) is 4.98 Å². The van der Waals surface area contributed by atoms with Crippen LogP contribution in [0.3, 0.4) is 0 Å². The number of anilines is 1. The fraction of sp³-hybridized carbons (Fsp3) is 0.500. The number of aromatic nitrogens is 2. The van der Waals surface area contributed by atoms with Crippen molar-refractivity contribution in [2.75, 3.05) is 37.6 Å². The molecule has 9 heteroatoms. The first-order chi connectivity index (χ1) is 12.7. The maximum atomic E-state index is 12.8. The van der Waals surface area contributed by atoms with Gasteiger partial charge < -0.3 is 15.2 Å². The van der Waals surface area contributed by atoms with Gasteiger partial charge in [0.05, 0.1) is 19.1 Å². The lowest BCUT2D eigenvalue weighted by atomic mass is 10.2. The van der Waals surface area contributed by atoms with Gasteiger partial charge in [0.25, 0.3) is 0 Å². The number of piperazine rings is 1. The average molecular weight is 393 g/mol. The molecule has 4 rings (SSSR count). The van der Waals surface area contributed by atoms with Crippen LogP contribution in [0.2, 0.25) is 0 Å². The summed E-state index contributed by atoms with van der Waals surface area (Å²) < 4.78 is 5.05. The molecule has 8 nitrogen and oxygen atoms in total. The van der Waals surface area contributed by atoms with Gasteiger partial charge in [0.2, 0.25) is 11.8 Å². The fourth-order valence-electron chi connectivity index (χ4n) is 3.74. The number of amides is 1. The standard InChI is InChI=1S/C18H24N6O2.ClH/c19-12-17-20-16(21-26-17)13-22-8-10-23(11-9-22)15-6-7-24(18(15)25)14-4-2-1-3-5-14;/h1-5,15H,6-13,19H2;1H. The second kappa shape index (κ2) is 8.79. The zero-order valence-corrected chi connectivity index (χ0v) is 16.0. The van der Waals surface area contributed by atoms with Crippen LogP contribution < -0.4 is 10.6 Å². The van der Waals surface area contributed by atoms with Gasteiger partial charge in [-0.05, 0) is 18.6 Å². The minimum Gasteiger partial charge on any atom is -0.338 e. The molecule has 2 saturated heterocycles. The van der Waals surface area contributed by atoms with Crippen LogP contribution >= 0.6 is 12.4 Å². The second-order valence-corrected chi connectivity index (χ2v) is 6.75. The van der Waals surface area contributed by atoms with Crippen LogP contribution in [0.25, 0.3) is 0 Å². The van der Waals surface area contributed by atoms with E-state index < -0.39 is 0 Å². The molecule has 0 spiro atoms. The number of nitrogens with two attached hydrogens (primary N) is 1. The number of benzene rings is 1. The van der Waals surface area contributed by atoms with Crippen molar-refractivity contribution in [2.24, 2.45) is 5.73 Å². The fourth-order valence-corrected chi connectivity index (χ4v) is 3.74. The first-order valence-corrected chi connectivity index (χ1v) is 9.09. The summed E-state index contributed by atoms with van der Waals surface area (Å²) in [6.07, 6.45) is 0.887. The van der Waals surface area contributed by atoms with Crippen LogP contribution in [0, 0.1) is 0 Å². The number of rotatable bonds is 5. The Labute approximate surface area is 164 Å². The molecule has 0 radical (unpaired) electrons. The normalized spacial score (nSPS) is 21.4. The number of carbonyl (C=O) groups is 1. The summed E-state index contributed by atoms with van der Waals surface area (Å²) in [5.41, 5.74) is 6.49. The van der Waals surface area contributed by atoms with E-state index in [-0.39, 0.29) is 30.9 Å². The van der Waals surface area contributed by atoms with Crippen molar-refractivity contribution in [1.82, 2.24) is 19.9 Å². The monoisotopic (exact) mass is 392 g/mol. The van der Waals surface area contributed by atoms with Crippen molar-refractivity contribution >= 4 is 24.0 Å². The second-order valence-electron chi connectivity index (χ2n) is 6.75. The summed E-state index contributed by atoms with van der Waals surface area (Å²) in [6.45, 7) is 5.25. The molecule has 1 amide bonds. The van der Waals surface area contributed by atoms with Gasteiger partial charge in [-0.15, -0.1) is 12.4 Å². The van der Waals surface area contributed by atoms with E-state index in [1.54, 1.807) is 0 Å². The molecule has 1 aromatic heterocycles. The summed E-state index contributed by atoms with van der Waals surface area (Å²) in [5.74, 6) is 1.36. The third kappa shape index (κ3) is 4.30. The van der Waals surface area contributed by atoms with Crippen LogP contribution in [0.1, 0.15) is 18.1 Å². The topological polar surface area (TPSA) is 91.7 Å². The zero-order chi connectivity index (χ0) is 17.9. The number of nitrogens with zero attached hydrogens (tertiary/aromatic N) is 5. The molecule has 1 atom stereocenters. The highest BCUT2D eigenvalue weighted by Gasteiger charge is 2.37. The third-order valence-electron chi connectivity index (χ3n) is 5.14. The van der Waals surface area contributed by atoms with E-state index in [1.807, 2.05) is 35.2 Å². The van der Waals surface area contributed by atoms with E-state index in [9.17, 15) is 4.79 Å². The van der Waals surface area contributed by atoms with Crippen LogP contribution in [0.5, 0.6) is 0 Å². The van der Waals surface area contributed by atoms with Gasteiger partial charge >= 0.3 is 0 Å². The minimum atomic E-state index is -0.00799. The predicted octanol–water partition coefficient (Wildman–Crippen LogP) is 0.873. The molecule has 1 aromatic carbocycles. The van der Waals surface area contributed by atoms with E-state index in [2.05, 4.69) is 19.9 Å². The Hall–Kier alpha value is -2.00. The quantitative estimate of drug-likeness (QED) is 0.807. The van der Waals surface area contributed by atoms with E-state index in [1.165, 1.54) is 0 Å². The van der Waals surface area contributed by atoms with Crippen LogP contribution in [0.15, 0.2) is 34.9 Å². The first kappa shape index (κ1) is 19.8. The number of hydrogen-bond acceptors (Lipinski definition) is 7. The number of para-hydroxylation sites is 1. The molecule has 2 fully saturated rings. The van der Waals surface area contributed by atoms with Crippen molar-refractivity contribution in [3.8, 4) is 0 Å². The highest BCUT2D eigenvalue weighted by molar-refractivity contribution is 5.99. The van der Waals surface area contributed by atoms with Crippen molar-refractivity contribution in [3.63, 3.8) is 0 Å². The molecule has 0 saturated carbocycles. The highest BCUT2D eigenvalue weighted by atomic mass is 35.5. The Kier molecular flexibility index (Phi) is 6.43. The summed E-state index contributed by atoms with van der Waals surface area (Å²) in [6, 6.07) is 9.91. The Morgan fingerprint density at radius 2 is 1.85 bits per heavy atom. The molecule has 0 bridgehead atoms. The Balaban J connectivity index is 0.00000210. The maximum absolute atomic E-state index is 12.8. The van der Waals surface area contributed by atoms with Crippen LogP contribution in [0.4, 0.5) is 5.69 Å². The van der Waals surface area contributed by atoms with Crippen molar-refractivity contribution < 1.29 is 9.32 Å². The number of carbonyl (C=O) groups excluding carboxylic acids is 1. The van der Waals surface area contributed by atoms with Gasteiger partial charge in [0, 0.05) is 38.4 Å². The van der Waals surface area contributed by atoms with Crippen molar-refractivity contribution in [3.05, 3.63) is 42.0 Å². The number of hydrogen-bond donors (Lipinski definition) is 1. The van der Waals surface area contributed by atoms with E-state index >= 15 is 0 Å². The molecule has 146 valence electrons. The maximum Gasteiger partial charge on any atom is 0.244 e. The van der Waals surface area contributed by atoms with Gasteiger partial charge in [0.1, 0.15) is 0 Å². The summed E-state index contributed by atoms with van der Waals surface area (Å²) in [5, 5.41) is 3.95. The van der Waals surface area contributed by atoms with Crippen molar-refractivity contribution in [1.29, 1.82) is 0 Å². The van der Waals surface area contributed by atoms with E-state index in [4.69, 9.17) is 10.3 Å². The van der Waals surface area contributed by atoms with Gasteiger partial charge in [-0.1, -0.05) is 23.4 Å². The highest BCUT2D eigenvalue weighted by Crippen LogP contribution is 2.25. The molecule has 2 N–H and O–H groups in total. The third-order valence-corrected chi connectivity index (χ3v) is 5.14. The molecule has 2 aliphatic heterocycles. The summed E-state index contributed by atoms with van der Waals surface area (Å²) in [7, 11) is 0. The minimum absolute atomic E-state index is 0. The Bertz CT molecular complexity index is 747. The first-order valence-electron chi connectivity index (χ1n) is 9.09. The lowest BCUT2D eigenvalue weighted by molar-refractivity contribution is -0.122. The predicted molar refractivity (Wildman–Crippen MR) is 103 cm³/mol. The van der Waals surface area contributed by atoms with Crippen LogP contribution in [-0.2, 0) is 17.9 Å². The van der Waals surface area contributed by atoms with E-state index in [0.717, 1.165) is 44.8 Å². The Morgan fingerprint density at radius 3 is 2.52 bits per heavy atom. The van der Waals surface area contributed by atoms with Gasteiger partial charge in [-0.3, -0.25) is 14.6 Å². The lowest BCUT2D eigenvalue weighted by Crippen LogP contribution is -2.52.